The Morgan fingerprint density at radius 3 is 2.06 bits per heavy atom. The number of anilines is 3. The highest BCUT2D eigenvalue weighted by molar-refractivity contribution is 9.11. The number of nitrogens with two attached hydrogens (primary N) is 1. The fourth-order valence-corrected chi connectivity index (χ4v) is 3.44. The molecule has 0 unspecified atom stereocenters. The van der Waals surface area contributed by atoms with Crippen LogP contribution < -0.4 is 10.6 Å². The summed E-state index contributed by atoms with van der Waals surface area (Å²) < 4.78 is 1.94. The Morgan fingerprint density at radius 1 is 1.00 bits per heavy atom. The van der Waals surface area contributed by atoms with Crippen molar-refractivity contribution in [2.75, 3.05) is 17.7 Å². The average Bonchev–Trinajstić information content (AvgIpc) is 2.28. The largest absolute Gasteiger partial charge is 0.399 e. The lowest BCUT2D eigenvalue weighted by molar-refractivity contribution is 1.19. The van der Waals surface area contributed by atoms with Crippen LogP contribution in [0.5, 0.6) is 0 Å². The third-order valence-corrected chi connectivity index (χ3v) is 3.73. The number of nitrogens with zero attached hydrogens (tertiary/aromatic N) is 1. The summed E-state index contributed by atoms with van der Waals surface area (Å²) in [6.45, 7) is 0. The van der Waals surface area contributed by atoms with Crippen LogP contribution in [0.2, 0.25) is 0 Å². The first-order valence-corrected chi connectivity index (χ1v) is 6.71. The molecule has 0 bridgehead atoms. The molecule has 0 amide bonds. The first-order chi connectivity index (χ1) is 8.09. The second-order valence-electron chi connectivity index (χ2n) is 3.73. The van der Waals surface area contributed by atoms with Crippen molar-refractivity contribution in [1.29, 1.82) is 0 Å². The molecule has 88 valence electrons. The van der Waals surface area contributed by atoms with Gasteiger partial charge < -0.3 is 10.6 Å². The van der Waals surface area contributed by atoms with E-state index in [1.807, 2.05) is 37.4 Å². The Kier molecular flexibility index (Phi) is 3.74. The van der Waals surface area contributed by atoms with E-state index in [4.69, 9.17) is 5.73 Å². The zero-order chi connectivity index (χ0) is 12.4. The molecule has 0 saturated heterocycles. The minimum atomic E-state index is 0.731. The van der Waals surface area contributed by atoms with E-state index in [0.29, 0.717) is 0 Å². The van der Waals surface area contributed by atoms with Gasteiger partial charge in [-0.2, -0.15) is 0 Å². The number of para-hydroxylation sites is 1. The van der Waals surface area contributed by atoms with Crippen LogP contribution in [0.3, 0.4) is 0 Å². The first kappa shape index (κ1) is 12.5. The third kappa shape index (κ3) is 2.64. The zero-order valence-corrected chi connectivity index (χ0v) is 12.5. The zero-order valence-electron chi connectivity index (χ0n) is 9.32. The predicted octanol–water partition coefficient (Wildman–Crippen LogP) is 4.56. The van der Waals surface area contributed by atoms with Crippen molar-refractivity contribution in [2.45, 2.75) is 0 Å². The van der Waals surface area contributed by atoms with Crippen LogP contribution in [0, 0.1) is 0 Å². The van der Waals surface area contributed by atoms with Crippen LogP contribution in [-0.4, -0.2) is 7.05 Å². The van der Waals surface area contributed by atoms with Crippen LogP contribution in [0.15, 0.2) is 51.4 Å². The highest BCUT2D eigenvalue weighted by Gasteiger charge is 2.12. The van der Waals surface area contributed by atoms with Crippen LogP contribution >= 0.6 is 31.9 Å². The highest BCUT2D eigenvalue weighted by Crippen LogP contribution is 2.38. The molecule has 0 aliphatic carbocycles. The van der Waals surface area contributed by atoms with E-state index >= 15 is 0 Å². The van der Waals surface area contributed by atoms with E-state index in [1.165, 1.54) is 0 Å². The molecule has 2 nitrogen and oxygen atoms in total. The maximum atomic E-state index is 5.79. The van der Waals surface area contributed by atoms with E-state index in [9.17, 15) is 0 Å². The number of rotatable bonds is 2. The third-order valence-electron chi connectivity index (χ3n) is 2.52. The second-order valence-corrected chi connectivity index (χ2v) is 5.44. The average molecular weight is 356 g/mol. The van der Waals surface area contributed by atoms with Crippen LogP contribution in [0.25, 0.3) is 0 Å². The topological polar surface area (TPSA) is 29.3 Å². The summed E-state index contributed by atoms with van der Waals surface area (Å²) in [6, 6.07) is 14.0. The molecule has 0 heterocycles. The van der Waals surface area contributed by atoms with Crippen LogP contribution in [-0.2, 0) is 0 Å². The summed E-state index contributed by atoms with van der Waals surface area (Å²) in [5.74, 6) is 0. The number of hydrogen-bond donors (Lipinski definition) is 1. The molecule has 0 aromatic heterocycles. The molecule has 0 spiro atoms. The molecule has 0 saturated carbocycles. The van der Waals surface area contributed by atoms with Gasteiger partial charge in [0.15, 0.2) is 0 Å². The first-order valence-electron chi connectivity index (χ1n) is 5.13. The number of halogens is 2. The van der Waals surface area contributed by atoms with Gasteiger partial charge in [-0.1, -0.05) is 18.2 Å². The molecule has 0 aliphatic heterocycles. The fourth-order valence-electron chi connectivity index (χ4n) is 1.69. The smallest absolute Gasteiger partial charge is 0.0698 e. The van der Waals surface area contributed by atoms with Crippen molar-refractivity contribution in [3.8, 4) is 0 Å². The second kappa shape index (κ2) is 5.10. The SMILES string of the molecule is CN(c1ccccc1)c1c(Br)cc(N)cc1Br. The van der Waals surface area contributed by atoms with Crippen molar-refractivity contribution in [3.63, 3.8) is 0 Å². The van der Waals surface area contributed by atoms with Gasteiger partial charge in [-0.05, 0) is 56.1 Å². The van der Waals surface area contributed by atoms with Crippen molar-refractivity contribution >= 4 is 48.9 Å². The van der Waals surface area contributed by atoms with Gasteiger partial charge in [-0.15, -0.1) is 0 Å². The van der Waals surface area contributed by atoms with E-state index in [-0.39, 0.29) is 0 Å². The van der Waals surface area contributed by atoms with Crippen molar-refractivity contribution < 1.29 is 0 Å². The summed E-state index contributed by atoms with van der Waals surface area (Å²) >= 11 is 7.09. The Bertz CT molecular complexity index is 503. The molecule has 17 heavy (non-hydrogen) atoms. The molecule has 2 aromatic rings. The monoisotopic (exact) mass is 354 g/mol. The molecular weight excluding hydrogens is 344 g/mol. The number of hydrogen-bond acceptors (Lipinski definition) is 2. The maximum absolute atomic E-state index is 5.79. The van der Waals surface area contributed by atoms with Gasteiger partial charge in [0, 0.05) is 27.4 Å². The molecule has 2 rings (SSSR count). The van der Waals surface area contributed by atoms with Crippen LogP contribution in [0.4, 0.5) is 17.1 Å². The number of nitrogen functional groups attached to an aromatic ring is 1. The lowest BCUT2D eigenvalue weighted by Gasteiger charge is -2.22. The minimum absolute atomic E-state index is 0.731. The minimum Gasteiger partial charge on any atom is -0.399 e. The van der Waals surface area contributed by atoms with Crippen molar-refractivity contribution in [1.82, 2.24) is 0 Å². The van der Waals surface area contributed by atoms with Gasteiger partial charge in [0.2, 0.25) is 0 Å². The molecule has 0 atom stereocenters. The molecular formula is C13H12Br2N2. The van der Waals surface area contributed by atoms with Crippen molar-refractivity contribution in [3.05, 3.63) is 51.4 Å². The lowest BCUT2D eigenvalue weighted by atomic mass is 10.2. The molecule has 2 N–H and O–H groups in total. The van der Waals surface area contributed by atoms with E-state index in [0.717, 1.165) is 26.0 Å². The quantitative estimate of drug-likeness (QED) is 0.800. The normalized spacial score (nSPS) is 10.3. The van der Waals surface area contributed by atoms with E-state index in [1.54, 1.807) is 0 Å². The van der Waals surface area contributed by atoms with E-state index < -0.39 is 0 Å². The Labute approximate surface area is 118 Å². The van der Waals surface area contributed by atoms with Gasteiger partial charge in [-0.25, -0.2) is 0 Å². The van der Waals surface area contributed by atoms with Gasteiger partial charge in [0.05, 0.1) is 5.69 Å². The van der Waals surface area contributed by atoms with E-state index in [2.05, 4.69) is 48.9 Å². The molecule has 0 radical (unpaired) electrons. The summed E-state index contributed by atoms with van der Waals surface area (Å²) in [6.07, 6.45) is 0. The molecule has 0 fully saturated rings. The van der Waals surface area contributed by atoms with Gasteiger partial charge in [0.1, 0.15) is 0 Å². The van der Waals surface area contributed by atoms with Gasteiger partial charge in [-0.3, -0.25) is 0 Å². The van der Waals surface area contributed by atoms with Gasteiger partial charge >= 0.3 is 0 Å². The summed E-state index contributed by atoms with van der Waals surface area (Å²) in [4.78, 5) is 2.10. The summed E-state index contributed by atoms with van der Waals surface area (Å²) in [5, 5.41) is 0. The molecule has 2 aromatic carbocycles. The predicted molar refractivity (Wildman–Crippen MR) is 80.8 cm³/mol. The standard InChI is InChI=1S/C13H12Br2N2/c1-17(10-5-3-2-4-6-10)13-11(14)7-9(16)8-12(13)15/h2-8H,16H2,1H3. The molecule has 0 aliphatic rings. The fraction of sp³-hybridized carbons (Fsp3) is 0.0769. The lowest BCUT2D eigenvalue weighted by Crippen LogP contribution is -2.10. The Morgan fingerprint density at radius 2 is 1.53 bits per heavy atom. The van der Waals surface area contributed by atoms with Crippen molar-refractivity contribution in [2.24, 2.45) is 0 Å². The highest BCUT2D eigenvalue weighted by atomic mass is 79.9. The molecule has 4 heteroatoms. The van der Waals surface area contributed by atoms with Crippen LogP contribution in [0.1, 0.15) is 0 Å². The summed E-state index contributed by atoms with van der Waals surface area (Å²) in [7, 11) is 2.02. The maximum Gasteiger partial charge on any atom is 0.0698 e. The Hall–Kier alpha value is -1.00. The summed E-state index contributed by atoms with van der Waals surface area (Å²) in [5.41, 5.74) is 8.70. The van der Waals surface area contributed by atoms with Gasteiger partial charge in [0.25, 0.3) is 0 Å². The number of benzene rings is 2. The Balaban J connectivity index is 2.48.